The van der Waals surface area contributed by atoms with Gasteiger partial charge in [0.15, 0.2) is 0 Å². The first-order chi connectivity index (χ1) is 29.2. The Morgan fingerprint density at radius 1 is 0.433 bits per heavy atom. The van der Waals surface area contributed by atoms with E-state index in [0.717, 1.165) is 93.3 Å². The average molecular weight is 784 g/mol. The molecule has 60 heavy (non-hydrogen) atoms. The Morgan fingerprint density at radius 2 is 0.800 bits per heavy atom. The maximum absolute atomic E-state index is 15.5. The van der Waals surface area contributed by atoms with Crippen molar-refractivity contribution in [2.75, 3.05) is 0 Å². The first kappa shape index (κ1) is 34.3. The minimum atomic E-state index is -4.69. The van der Waals surface area contributed by atoms with Gasteiger partial charge in [-0.2, -0.15) is 18.4 Å². The zero-order valence-corrected chi connectivity index (χ0v) is 32.4. The van der Waals surface area contributed by atoms with Crippen LogP contribution in [-0.4, -0.2) is 18.3 Å². The Balaban J connectivity index is 1.36. The summed E-state index contributed by atoms with van der Waals surface area (Å²) in [5.41, 5.74) is 8.16. The van der Waals surface area contributed by atoms with Gasteiger partial charge in [-0.15, -0.1) is 0 Å². The number of aryl methyl sites for hydroxylation is 2. The van der Waals surface area contributed by atoms with Crippen molar-refractivity contribution in [2.45, 2.75) is 6.18 Å². The highest BCUT2D eigenvalue weighted by Crippen LogP contribution is 2.49. The fourth-order valence-electron chi connectivity index (χ4n) is 10.2. The summed E-state index contributed by atoms with van der Waals surface area (Å²) < 4.78 is 55.1. The Bertz CT molecular complexity index is 3650. The summed E-state index contributed by atoms with van der Waals surface area (Å²) in [5.74, 6) is 0. The molecule has 8 heteroatoms. The van der Waals surface area contributed by atoms with Crippen molar-refractivity contribution in [1.82, 2.24) is 18.3 Å². The summed E-state index contributed by atoms with van der Waals surface area (Å²) >= 11 is 0. The summed E-state index contributed by atoms with van der Waals surface area (Å²) in [6.07, 6.45) is -4.69. The van der Waals surface area contributed by atoms with Gasteiger partial charge in [0, 0.05) is 73.8 Å². The number of fused-ring (bicyclic) bond motifs is 14. The van der Waals surface area contributed by atoms with Gasteiger partial charge in [-0.25, -0.2) is 0 Å². The van der Waals surface area contributed by atoms with Crippen molar-refractivity contribution in [3.05, 3.63) is 169 Å². The highest BCUT2D eigenvalue weighted by Gasteiger charge is 2.36. The van der Waals surface area contributed by atoms with E-state index in [2.05, 4.69) is 85.0 Å². The van der Waals surface area contributed by atoms with Crippen molar-refractivity contribution < 1.29 is 13.2 Å². The van der Waals surface area contributed by atoms with Crippen LogP contribution in [0.5, 0.6) is 0 Å². The standard InChI is InChI=1S/C52H32F3N5/c1-57-41-19-9-4-13-31(41)35-23-25-37-33-15-6-11-21-43(33)59(50(37)48(35)57)45-27-30(29-56)28-46(47(45)39-17-3-8-18-40(39)52(53,54)55)60-44-22-12-7-16-34(44)38-26-24-36-32-14-5-10-20-42(32)58(2)49(36)51(38)60/h3-28H,1-2H3. The smallest absolute Gasteiger partial charge is 0.342 e. The first-order valence-electron chi connectivity index (χ1n) is 19.8. The normalized spacial score (nSPS) is 12.4. The monoisotopic (exact) mass is 783 g/mol. The van der Waals surface area contributed by atoms with E-state index >= 15 is 13.2 Å². The first-order valence-corrected chi connectivity index (χ1v) is 19.8. The van der Waals surface area contributed by atoms with Crippen LogP contribution in [0.25, 0.3) is 110 Å². The Labute approximate surface area is 340 Å². The summed E-state index contributed by atoms with van der Waals surface area (Å²) in [5, 5.41) is 19.0. The van der Waals surface area contributed by atoms with Gasteiger partial charge >= 0.3 is 6.18 Å². The molecule has 0 amide bonds. The summed E-state index contributed by atoms with van der Waals surface area (Å²) in [6.45, 7) is 0. The van der Waals surface area contributed by atoms with Crippen molar-refractivity contribution >= 4 is 87.2 Å². The molecule has 0 unspecified atom stereocenters. The number of aromatic nitrogens is 4. The number of benzene rings is 8. The molecule has 0 radical (unpaired) electrons. The van der Waals surface area contributed by atoms with Gasteiger partial charge in [0.1, 0.15) is 0 Å². The van der Waals surface area contributed by atoms with E-state index in [0.29, 0.717) is 22.5 Å². The van der Waals surface area contributed by atoms with Crippen LogP contribution in [0.2, 0.25) is 0 Å². The molecule has 0 fully saturated rings. The van der Waals surface area contributed by atoms with Crippen molar-refractivity contribution in [2.24, 2.45) is 14.1 Å². The lowest BCUT2D eigenvalue weighted by Gasteiger charge is -2.23. The van der Waals surface area contributed by atoms with Gasteiger partial charge < -0.3 is 18.3 Å². The molecule has 0 saturated carbocycles. The molecule has 4 aromatic heterocycles. The molecule has 12 rings (SSSR count). The molecule has 5 nitrogen and oxygen atoms in total. The Kier molecular flexibility index (Phi) is 6.94. The molecule has 0 saturated heterocycles. The van der Waals surface area contributed by atoms with Gasteiger partial charge in [-0.3, -0.25) is 0 Å². The predicted octanol–water partition coefficient (Wildman–Crippen LogP) is 13.7. The van der Waals surface area contributed by atoms with Crippen LogP contribution in [0.4, 0.5) is 13.2 Å². The van der Waals surface area contributed by atoms with Gasteiger partial charge in [-0.1, -0.05) is 115 Å². The zero-order chi connectivity index (χ0) is 40.6. The van der Waals surface area contributed by atoms with Crippen LogP contribution in [0.15, 0.2) is 158 Å². The molecule has 0 aliphatic rings. The third-order valence-electron chi connectivity index (χ3n) is 12.6. The van der Waals surface area contributed by atoms with E-state index in [4.69, 9.17) is 0 Å². The van der Waals surface area contributed by atoms with E-state index in [-0.39, 0.29) is 5.56 Å². The molecule has 0 atom stereocenters. The van der Waals surface area contributed by atoms with Gasteiger partial charge in [0.05, 0.1) is 61.7 Å². The lowest BCUT2D eigenvalue weighted by Crippen LogP contribution is -2.11. The predicted molar refractivity (Wildman–Crippen MR) is 238 cm³/mol. The molecule has 0 spiro atoms. The fourth-order valence-corrected chi connectivity index (χ4v) is 10.2. The lowest BCUT2D eigenvalue weighted by molar-refractivity contribution is -0.137. The van der Waals surface area contributed by atoms with Gasteiger partial charge in [-0.05, 0) is 48.0 Å². The number of nitrogens with zero attached hydrogens (tertiary/aromatic N) is 5. The van der Waals surface area contributed by atoms with Gasteiger partial charge in [0.25, 0.3) is 0 Å². The second kappa shape index (κ2) is 12.1. The zero-order valence-electron chi connectivity index (χ0n) is 32.4. The number of rotatable bonds is 3. The van der Waals surface area contributed by atoms with Gasteiger partial charge in [0.2, 0.25) is 0 Å². The highest BCUT2D eigenvalue weighted by atomic mass is 19.4. The van der Waals surface area contributed by atoms with Crippen molar-refractivity contribution in [3.63, 3.8) is 0 Å². The number of halogens is 3. The molecule has 4 heterocycles. The SMILES string of the molecule is Cn1c2ccccc2c2ccc3c4ccccc4n(-c4cc(C#N)cc(-n5c6ccccc6c6ccc7c8ccccc8n(C)c7c65)c4-c4ccccc4C(F)(F)F)c3c21. The van der Waals surface area contributed by atoms with E-state index in [1.54, 1.807) is 24.3 Å². The maximum atomic E-state index is 15.5. The molecule has 12 aromatic rings. The largest absolute Gasteiger partial charge is 0.417 e. The Hall–Kier alpha value is -7.76. The highest BCUT2D eigenvalue weighted by molar-refractivity contribution is 6.25. The van der Waals surface area contributed by atoms with E-state index in [1.807, 2.05) is 74.8 Å². The molecule has 8 aromatic carbocycles. The topological polar surface area (TPSA) is 43.5 Å². The fraction of sp³-hybridized carbons (Fsp3) is 0.0577. The molecule has 0 N–H and O–H groups in total. The third kappa shape index (κ3) is 4.46. The summed E-state index contributed by atoms with van der Waals surface area (Å²) in [4.78, 5) is 0. The average Bonchev–Trinajstić information content (AvgIpc) is 3.98. The molecule has 0 bridgehead atoms. The number of nitriles is 1. The lowest BCUT2D eigenvalue weighted by atomic mass is 9.94. The summed E-state index contributed by atoms with van der Waals surface area (Å²) in [7, 11) is 4.08. The number of hydrogen-bond donors (Lipinski definition) is 0. The molecule has 286 valence electrons. The number of para-hydroxylation sites is 4. The van der Waals surface area contributed by atoms with Crippen molar-refractivity contribution in [1.29, 1.82) is 5.26 Å². The van der Waals surface area contributed by atoms with E-state index in [1.165, 1.54) is 6.07 Å². The minimum Gasteiger partial charge on any atom is -0.342 e. The van der Waals surface area contributed by atoms with Crippen molar-refractivity contribution in [3.8, 4) is 28.6 Å². The van der Waals surface area contributed by atoms with Crippen LogP contribution in [0.1, 0.15) is 11.1 Å². The van der Waals surface area contributed by atoms with E-state index in [9.17, 15) is 5.26 Å². The van der Waals surface area contributed by atoms with E-state index < -0.39 is 11.7 Å². The van der Waals surface area contributed by atoms with Crippen LogP contribution < -0.4 is 0 Å². The van der Waals surface area contributed by atoms with Crippen LogP contribution in [0, 0.1) is 11.3 Å². The molecule has 0 aliphatic carbocycles. The summed E-state index contributed by atoms with van der Waals surface area (Å²) in [6, 6.07) is 52.8. The number of alkyl halides is 3. The third-order valence-corrected chi connectivity index (χ3v) is 12.6. The van der Waals surface area contributed by atoms with Crippen LogP contribution in [-0.2, 0) is 20.3 Å². The molecular weight excluding hydrogens is 752 g/mol. The van der Waals surface area contributed by atoms with Crippen LogP contribution >= 0.6 is 0 Å². The molecular formula is C52H32F3N5. The van der Waals surface area contributed by atoms with Crippen LogP contribution in [0.3, 0.4) is 0 Å². The maximum Gasteiger partial charge on any atom is 0.417 e. The minimum absolute atomic E-state index is 0.0183. The second-order valence-corrected chi connectivity index (χ2v) is 15.6. The molecule has 0 aliphatic heterocycles. The quantitative estimate of drug-likeness (QED) is 0.176. The second-order valence-electron chi connectivity index (χ2n) is 15.6. The number of hydrogen-bond acceptors (Lipinski definition) is 1. The Morgan fingerprint density at radius 3 is 1.23 bits per heavy atom.